The Morgan fingerprint density at radius 1 is 1.44 bits per heavy atom. The van der Waals surface area contributed by atoms with Crippen molar-refractivity contribution in [2.24, 2.45) is 0 Å². The Morgan fingerprint density at radius 2 is 2.06 bits per heavy atom. The van der Waals surface area contributed by atoms with Gasteiger partial charge >= 0.3 is 6.18 Å². The molecule has 0 aliphatic heterocycles. The van der Waals surface area contributed by atoms with Crippen molar-refractivity contribution in [2.45, 2.75) is 19.0 Å². The van der Waals surface area contributed by atoms with E-state index in [9.17, 15) is 22.0 Å². The van der Waals surface area contributed by atoms with Crippen LogP contribution in [0.5, 0.6) is 5.88 Å². The summed E-state index contributed by atoms with van der Waals surface area (Å²) in [7, 11) is 0.943. The van der Waals surface area contributed by atoms with Crippen molar-refractivity contribution >= 4 is 0 Å². The van der Waals surface area contributed by atoms with Gasteiger partial charge in [0.2, 0.25) is 5.88 Å². The van der Waals surface area contributed by atoms with Crippen molar-refractivity contribution in [1.82, 2.24) is 4.98 Å². The molecule has 0 aliphatic rings. The molecule has 0 aromatic carbocycles. The van der Waals surface area contributed by atoms with Crippen molar-refractivity contribution in [3.63, 3.8) is 0 Å². The molecule has 0 saturated heterocycles. The number of nitriles is 1. The highest BCUT2D eigenvalue weighted by atomic mass is 19.4. The lowest BCUT2D eigenvalue weighted by Crippen LogP contribution is -2.15. The standard InChI is InChI=1S/C10H7F5N2O/c1-18-9-6(8(11)12)7(10(13,14)15)5(2-3-16)4-17-9/h4,8H,2H2,1H3. The molecule has 98 valence electrons. The molecule has 0 unspecified atom stereocenters. The smallest absolute Gasteiger partial charge is 0.417 e. The van der Waals surface area contributed by atoms with E-state index in [1.165, 1.54) is 6.07 Å². The normalized spacial score (nSPS) is 11.4. The van der Waals surface area contributed by atoms with Crippen LogP contribution in [0.4, 0.5) is 22.0 Å². The second-order valence-corrected chi connectivity index (χ2v) is 3.21. The summed E-state index contributed by atoms with van der Waals surface area (Å²) in [6, 6.07) is 1.47. The maximum absolute atomic E-state index is 12.8. The Kier molecular flexibility index (Phi) is 4.06. The zero-order valence-electron chi connectivity index (χ0n) is 9.05. The molecule has 0 N–H and O–H groups in total. The second kappa shape index (κ2) is 5.16. The molecule has 1 aromatic rings. The minimum absolute atomic E-state index is 0.596. The van der Waals surface area contributed by atoms with Crippen molar-refractivity contribution in [2.75, 3.05) is 7.11 Å². The van der Waals surface area contributed by atoms with Crippen LogP contribution < -0.4 is 4.74 Å². The van der Waals surface area contributed by atoms with E-state index in [4.69, 9.17) is 5.26 Å². The molecule has 0 atom stereocenters. The highest BCUT2D eigenvalue weighted by Gasteiger charge is 2.40. The Hall–Kier alpha value is -1.91. The van der Waals surface area contributed by atoms with Gasteiger partial charge in [0.1, 0.15) is 0 Å². The predicted octanol–water partition coefficient (Wildman–Crippen LogP) is 3.11. The van der Waals surface area contributed by atoms with Crippen LogP contribution in [-0.2, 0) is 12.6 Å². The van der Waals surface area contributed by atoms with E-state index >= 15 is 0 Å². The van der Waals surface area contributed by atoms with E-state index < -0.39 is 41.6 Å². The fourth-order valence-corrected chi connectivity index (χ4v) is 1.47. The summed E-state index contributed by atoms with van der Waals surface area (Å²) in [5.41, 5.74) is -3.48. The number of methoxy groups -OCH3 is 1. The fourth-order valence-electron chi connectivity index (χ4n) is 1.47. The zero-order valence-corrected chi connectivity index (χ0v) is 9.05. The zero-order chi connectivity index (χ0) is 13.9. The van der Waals surface area contributed by atoms with Crippen LogP contribution in [0.15, 0.2) is 6.20 Å². The maximum atomic E-state index is 12.8. The molecule has 0 amide bonds. The van der Waals surface area contributed by atoms with Crippen LogP contribution in [0.3, 0.4) is 0 Å². The van der Waals surface area contributed by atoms with Crippen molar-refractivity contribution in [3.05, 3.63) is 22.9 Å². The summed E-state index contributed by atoms with van der Waals surface area (Å²) < 4.78 is 68.2. The average molecular weight is 266 g/mol. The molecule has 8 heteroatoms. The van der Waals surface area contributed by atoms with Gasteiger partial charge in [-0.05, 0) is 5.56 Å². The molecule has 0 spiro atoms. The largest absolute Gasteiger partial charge is 0.481 e. The number of hydrogen-bond donors (Lipinski definition) is 0. The number of pyridine rings is 1. The monoisotopic (exact) mass is 266 g/mol. The quantitative estimate of drug-likeness (QED) is 0.789. The van der Waals surface area contributed by atoms with Gasteiger partial charge in [-0.15, -0.1) is 0 Å². The first-order chi connectivity index (χ1) is 8.32. The lowest BCUT2D eigenvalue weighted by Gasteiger charge is -2.17. The van der Waals surface area contributed by atoms with Crippen molar-refractivity contribution < 1.29 is 26.7 Å². The molecule has 0 fully saturated rings. The molecule has 0 radical (unpaired) electrons. The number of ether oxygens (including phenoxy) is 1. The molecule has 1 rings (SSSR count). The minimum Gasteiger partial charge on any atom is -0.481 e. The van der Waals surface area contributed by atoms with E-state index in [0.29, 0.717) is 0 Å². The minimum atomic E-state index is -5.01. The molecule has 18 heavy (non-hydrogen) atoms. The molecule has 0 bridgehead atoms. The van der Waals surface area contributed by atoms with Gasteiger partial charge in [-0.2, -0.15) is 18.4 Å². The summed E-state index contributed by atoms with van der Waals surface area (Å²) in [4.78, 5) is 3.36. The lowest BCUT2D eigenvalue weighted by atomic mass is 10.0. The highest BCUT2D eigenvalue weighted by Crippen LogP contribution is 2.42. The number of nitrogens with zero attached hydrogens (tertiary/aromatic N) is 2. The SMILES string of the molecule is COc1ncc(CC#N)c(C(F)(F)F)c1C(F)F. The predicted molar refractivity (Wildman–Crippen MR) is 50.1 cm³/mol. The number of alkyl halides is 5. The molecule has 0 saturated carbocycles. The molecule has 0 aliphatic carbocycles. The van der Waals surface area contributed by atoms with E-state index in [2.05, 4.69) is 9.72 Å². The van der Waals surface area contributed by atoms with Gasteiger partial charge in [0.05, 0.1) is 30.7 Å². The molecule has 1 aromatic heterocycles. The molecular formula is C10H7F5N2O. The Bertz CT molecular complexity index is 478. The van der Waals surface area contributed by atoms with Crippen LogP contribution in [0.1, 0.15) is 23.1 Å². The summed E-state index contributed by atoms with van der Waals surface area (Å²) in [6.07, 6.45) is -8.35. The second-order valence-electron chi connectivity index (χ2n) is 3.21. The van der Waals surface area contributed by atoms with Gasteiger partial charge in [-0.3, -0.25) is 0 Å². The third kappa shape index (κ3) is 2.67. The Morgan fingerprint density at radius 3 is 2.44 bits per heavy atom. The Labute approximate surface area is 98.8 Å². The third-order valence-electron chi connectivity index (χ3n) is 2.12. The van der Waals surface area contributed by atoms with E-state index in [1.54, 1.807) is 0 Å². The van der Waals surface area contributed by atoms with E-state index in [-0.39, 0.29) is 0 Å². The fraction of sp³-hybridized carbons (Fsp3) is 0.400. The molecule has 3 nitrogen and oxygen atoms in total. The first kappa shape index (κ1) is 14.2. The first-order valence-corrected chi connectivity index (χ1v) is 4.61. The summed E-state index contributed by atoms with van der Waals surface area (Å²) in [5, 5.41) is 8.40. The van der Waals surface area contributed by atoms with Gasteiger partial charge in [0, 0.05) is 6.20 Å². The highest BCUT2D eigenvalue weighted by molar-refractivity contribution is 5.43. The molecule has 1 heterocycles. The van der Waals surface area contributed by atoms with Crippen molar-refractivity contribution in [1.29, 1.82) is 5.26 Å². The number of halogens is 5. The number of rotatable bonds is 3. The first-order valence-electron chi connectivity index (χ1n) is 4.61. The number of hydrogen-bond acceptors (Lipinski definition) is 3. The lowest BCUT2D eigenvalue weighted by molar-refractivity contribution is -0.140. The van der Waals surface area contributed by atoms with Gasteiger partial charge < -0.3 is 4.74 Å². The van der Waals surface area contributed by atoms with Crippen LogP contribution in [0.2, 0.25) is 0 Å². The van der Waals surface area contributed by atoms with Gasteiger partial charge in [-0.1, -0.05) is 0 Å². The van der Waals surface area contributed by atoms with Crippen LogP contribution in [-0.4, -0.2) is 12.1 Å². The van der Waals surface area contributed by atoms with Crippen LogP contribution in [0, 0.1) is 11.3 Å². The summed E-state index contributed by atoms with van der Waals surface area (Å²) in [6.45, 7) is 0. The maximum Gasteiger partial charge on any atom is 0.417 e. The Balaban J connectivity index is 3.61. The van der Waals surface area contributed by atoms with Crippen LogP contribution in [0.25, 0.3) is 0 Å². The van der Waals surface area contributed by atoms with Gasteiger partial charge in [0.25, 0.3) is 6.43 Å². The van der Waals surface area contributed by atoms with Gasteiger partial charge in [-0.25, -0.2) is 13.8 Å². The summed E-state index contributed by atoms with van der Waals surface area (Å²) >= 11 is 0. The van der Waals surface area contributed by atoms with E-state index in [1.807, 2.05) is 0 Å². The third-order valence-corrected chi connectivity index (χ3v) is 2.12. The van der Waals surface area contributed by atoms with Crippen molar-refractivity contribution in [3.8, 4) is 11.9 Å². The van der Waals surface area contributed by atoms with Gasteiger partial charge in [0.15, 0.2) is 0 Å². The topological polar surface area (TPSA) is 45.9 Å². The summed E-state index contributed by atoms with van der Waals surface area (Å²) in [5.74, 6) is -0.793. The number of aromatic nitrogens is 1. The van der Waals surface area contributed by atoms with Crippen LogP contribution >= 0.6 is 0 Å². The molecular weight excluding hydrogens is 259 g/mol. The average Bonchev–Trinajstić information content (AvgIpc) is 2.27. The van der Waals surface area contributed by atoms with E-state index in [0.717, 1.165) is 13.3 Å².